The highest BCUT2D eigenvalue weighted by Crippen LogP contribution is 2.29. The molecule has 0 radical (unpaired) electrons. The zero-order valence-corrected chi connectivity index (χ0v) is 7.75. The van der Waals surface area contributed by atoms with Gasteiger partial charge in [0.2, 0.25) is 0 Å². The van der Waals surface area contributed by atoms with E-state index in [0.717, 1.165) is 0 Å². The first-order valence-electron chi connectivity index (χ1n) is 4.59. The number of carbonyl (C=O) groups is 2. The van der Waals surface area contributed by atoms with Crippen LogP contribution in [0.1, 0.15) is 12.8 Å². The van der Waals surface area contributed by atoms with Gasteiger partial charge in [-0.3, -0.25) is 9.69 Å². The van der Waals surface area contributed by atoms with Crippen LogP contribution in [-0.2, 0) is 4.79 Å². The van der Waals surface area contributed by atoms with Gasteiger partial charge in [-0.2, -0.15) is 13.2 Å². The maximum absolute atomic E-state index is 12.1. The molecular formula is C8H9F3N2O2. The number of amides is 3. The van der Waals surface area contributed by atoms with Crippen LogP contribution in [0.3, 0.4) is 0 Å². The average Bonchev–Trinajstić information content (AvgIpc) is 2.64. The van der Waals surface area contributed by atoms with E-state index in [4.69, 9.17) is 0 Å². The van der Waals surface area contributed by atoms with Gasteiger partial charge in [0.05, 0.1) is 0 Å². The van der Waals surface area contributed by atoms with Gasteiger partial charge in [-0.1, -0.05) is 0 Å². The number of halogens is 3. The lowest BCUT2D eigenvalue weighted by molar-refractivity contribution is -0.153. The zero-order chi connectivity index (χ0) is 11.2. The van der Waals surface area contributed by atoms with Crippen LogP contribution in [0.5, 0.6) is 0 Å². The quantitative estimate of drug-likeness (QED) is 0.620. The molecule has 0 bridgehead atoms. The van der Waals surface area contributed by atoms with Crippen LogP contribution >= 0.6 is 0 Å². The molecular weight excluding hydrogens is 213 g/mol. The van der Waals surface area contributed by atoms with E-state index in [9.17, 15) is 22.8 Å². The first-order chi connectivity index (χ1) is 6.90. The molecule has 1 unspecified atom stereocenters. The van der Waals surface area contributed by atoms with Gasteiger partial charge in [-0.25, -0.2) is 4.79 Å². The third kappa shape index (κ3) is 1.66. The standard InChI is InChI=1S/C8H9F3N2O2/c9-8(10,11)4-13-6(14)5-2-1-3-12(5)7(13)15/h5H,1-4H2. The van der Waals surface area contributed by atoms with Gasteiger partial charge in [0.1, 0.15) is 12.6 Å². The third-order valence-electron chi connectivity index (χ3n) is 2.62. The summed E-state index contributed by atoms with van der Waals surface area (Å²) in [6, 6.07) is -1.46. The first-order valence-corrected chi connectivity index (χ1v) is 4.59. The fourth-order valence-electron chi connectivity index (χ4n) is 2.01. The van der Waals surface area contributed by atoms with Crippen molar-refractivity contribution in [2.75, 3.05) is 13.1 Å². The fraction of sp³-hybridized carbons (Fsp3) is 0.750. The minimum atomic E-state index is -4.52. The monoisotopic (exact) mass is 222 g/mol. The molecule has 15 heavy (non-hydrogen) atoms. The Morgan fingerprint density at radius 3 is 2.53 bits per heavy atom. The van der Waals surface area contributed by atoms with Crippen molar-refractivity contribution in [1.29, 1.82) is 0 Å². The average molecular weight is 222 g/mol. The molecule has 1 atom stereocenters. The summed E-state index contributed by atoms with van der Waals surface area (Å²) in [5, 5.41) is 0. The predicted molar refractivity (Wildman–Crippen MR) is 42.9 cm³/mol. The van der Waals surface area contributed by atoms with Crippen LogP contribution in [0.4, 0.5) is 18.0 Å². The number of urea groups is 1. The molecule has 0 aliphatic carbocycles. The van der Waals surface area contributed by atoms with Crippen LogP contribution < -0.4 is 0 Å². The maximum atomic E-state index is 12.1. The van der Waals surface area contributed by atoms with E-state index in [1.165, 1.54) is 4.90 Å². The summed E-state index contributed by atoms with van der Waals surface area (Å²) in [5.41, 5.74) is 0. The van der Waals surface area contributed by atoms with Gasteiger partial charge in [0.25, 0.3) is 5.91 Å². The lowest BCUT2D eigenvalue weighted by Crippen LogP contribution is -2.40. The van der Waals surface area contributed by atoms with E-state index in [2.05, 4.69) is 0 Å². The predicted octanol–water partition coefficient (Wildman–Crippen LogP) is 0.975. The van der Waals surface area contributed by atoms with Crippen LogP contribution in [0.2, 0.25) is 0 Å². The van der Waals surface area contributed by atoms with Crippen molar-refractivity contribution in [1.82, 2.24) is 9.80 Å². The normalized spacial score (nSPS) is 26.5. The molecule has 0 aromatic carbocycles. The Morgan fingerprint density at radius 2 is 2.00 bits per heavy atom. The van der Waals surface area contributed by atoms with Gasteiger partial charge in [0, 0.05) is 6.54 Å². The molecule has 2 fully saturated rings. The highest BCUT2D eigenvalue weighted by atomic mass is 19.4. The first kappa shape index (κ1) is 10.3. The summed E-state index contributed by atoms with van der Waals surface area (Å²) in [4.78, 5) is 24.4. The topological polar surface area (TPSA) is 40.6 Å². The second kappa shape index (κ2) is 3.11. The number of hydrogen-bond donors (Lipinski definition) is 0. The number of fused-ring (bicyclic) bond motifs is 1. The number of rotatable bonds is 1. The molecule has 0 aromatic heterocycles. The molecule has 2 aliphatic rings. The van der Waals surface area contributed by atoms with Gasteiger partial charge < -0.3 is 4.90 Å². The molecule has 2 heterocycles. The summed E-state index contributed by atoms with van der Waals surface area (Å²) in [5.74, 6) is -0.713. The van der Waals surface area contributed by atoms with Crippen LogP contribution in [0.15, 0.2) is 0 Å². The summed E-state index contributed by atoms with van der Waals surface area (Å²) < 4.78 is 36.2. The number of imide groups is 1. The summed E-state index contributed by atoms with van der Waals surface area (Å²) in [6.45, 7) is -1.10. The maximum Gasteiger partial charge on any atom is 0.406 e. The Kier molecular flexibility index (Phi) is 2.13. The molecule has 2 aliphatic heterocycles. The fourth-order valence-corrected chi connectivity index (χ4v) is 2.01. The van der Waals surface area contributed by atoms with E-state index in [1.54, 1.807) is 0 Å². The van der Waals surface area contributed by atoms with E-state index < -0.39 is 30.7 Å². The van der Waals surface area contributed by atoms with E-state index >= 15 is 0 Å². The Labute approximate surface area is 83.6 Å². The smallest absolute Gasteiger partial charge is 0.312 e. The largest absolute Gasteiger partial charge is 0.406 e. The number of nitrogens with zero attached hydrogens (tertiary/aromatic N) is 2. The molecule has 2 saturated heterocycles. The Bertz CT molecular complexity index is 293. The second-order valence-corrected chi connectivity index (χ2v) is 3.67. The SMILES string of the molecule is O=C1C2CCCN2C(=O)N1CC(F)(F)F. The Balaban J connectivity index is 2.15. The van der Waals surface area contributed by atoms with E-state index in [-0.39, 0.29) is 0 Å². The molecule has 0 N–H and O–H groups in total. The lowest BCUT2D eigenvalue weighted by atomic mass is 10.2. The molecule has 0 saturated carbocycles. The van der Waals surface area contributed by atoms with Crippen molar-refractivity contribution in [3.05, 3.63) is 0 Å². The van der Waals surface area contributed by atoms with Crippen molar-refractivity contribution in [3.8, 4) is 0 Å². The van der Waals surface area contributed by atoms with Gasteiger partial charge in [0.15, 0.2) is 0 Å². The zero-order valence-electron chi connectivity index (χ0n) is 7.75. The Hall–Kier alpha value is -1.27. The molecule has 2 rings (SSSR count). The highest BCUT2D eigenvalue weighted by Gasteiger charge is 2.50. The van der Waals surface area contributed by atoms with Crippen molar-refractivity contribution >= 4 is 11.9 Å². The van der Waals surface area contributed by atoms with E-state index in [0.29, 0.717) is 24.3 Å². The molecule has 0 spiro atoms. The van der Waals surface area contributed by atoms with Crippen LogP contribution in [-0.4, -0.2) is 47.0 Å². The van der Waals surface area contributed by atoms with Crippen molar-refractivity contribution in [2.24, 2.45) is 0 Å². The van der Waals surface area contributed by atoms with Crippen LogP contribution in [0, 0.1) is 0 Å². The minimum absolute atomic E-state index is 0.295. The van der Waals surface area contributed by atoms with E-state index in [1.807, 2.05) is 0 Å². The molecule has 7 heteroatoms. The van der Waals surface area contributed by atoms with Crippen molar-refractivity contribution in [3.63, 3.8) is 0 Å². The van der Waals surface area contributed by atoms with Gasteiger partial charge in [-0.15, -0.1) is 0 Å². The molecule has 3 amide bonds. The summed E-state index contributed by atoms with van der Waals surface area (Å²) in [6.07, 6.45) is -3.37. The van der Waals surface area contributed by atoms with Gasteiger partial charge >= 0.3 is 12.2 Å². The van der Waals surface area contributed by atoms with Crippen LogP contribution in [0.25, 0.3) is 0 Å². The van der Waals surface area contributed by atoms with Crippen molar-refractivity contribution < 1.29 is 22.8 Å². The summed E-state index contributed by atoms with van der Waals surface area (Å²) >= 11 is 0. The molecule has 0 aromatic rings. The number of carbonyl (C=O) groups excluding carboxylic acids is 2. The second-order valence-electron chi connectivity index (χ2n) is 3.67. The molecule has 84 valence electrons. The highest BCUT2D eigenvalue weighted by molar-refractivity contribution is 6.04. The summed E-state index contributed by atoms with van der Waals surface area (Å²) in [7, 11) is 0. The number of hydrogen-bond acceptors (Lipinski definition) is 2. The third-order valence-corrected chi connectivity index (χ3v) is 2.62. The van der Waals surface area contributed by atoms with Gasteiger partial charge in [-0.05, 0) is 12.8 Å². The molecule has 4 nitrogen and oxygen atoms in total. The lowest BCUT2D eigenvalue weighted by Gasteiger charge is -2.16. The Morgan fingerprint density at radius 1 is 1.33 bits per heavy atom. The number of alkyl halides is 3. The minimum Gasteiger partial charge on any atom is -0.312 e. The van der Waals surface area contributed by atoms with Crippen molar-refractivity contribution in [2.45, 2.75) is 25.1 Å².